The monoisotopic (exact) mass is 554 g/mol. The molecular weight excluding hydrogens is 529 g/mol. The summed E-state index contributed by atoms with van der Waals surface area (Å²) in [4.78, 5) is 30.6. The molecule has 1 amide bonds. The van der Waals surface area contributed by atoms with Crippen LogP contribution in [0.15, 0.2) is 47.3 Å². The first-order valence-electron chi connectivity index (χ1n) is 12.3. The van der Waals surface area contributed by atoms with E-state index in [1.54, 1.807) is 24.5 Å². The van der Waals surface area contributed by atoms with Gasteiger partial charge in [0.15, 0.2) is 0 Å². The number of methoxy groups -OCH3 is 1. The molecule has 0 N–H and O–H groups in total. The molecule has 40 heavy (non-hydrogen) atoms. The summed E-state index contributed by atoms with van der Waals surface area (Å²) in [5.41, 5.74) is 1.64. The highest BCUT2D eigenvalue weighted by Gasteiger charge is 2.21. The van der Waals surface area contributed by atoms with E-state index in [4.69, 9.17) is 9.15 Å². The van der Waals surface area contributed by atoms with Gasteiger partial charge < -0.3 is 23.9 Å². The molecule has 4 aromatic rings. The lowest BCUT2D eigenvalue weighted by Crippen LogP contribution is -2.45. The van der Waals surface area contributed by atoms with Crippen LogP contribution in [0.25, 0.3) is 22.6 Å². The summed E-state index contributed by atoms with van der Waals surface area (Å²) in [6.07, 6.45) is 2.13. The molecule has 0 aliphatic carbocycles. The number of amides is 1. The number of likely N-dealkylation sites (N-methyl/N-ethyl adjacent to an activating group) is 1. The van der Waals surface area contributed by atoms with Crippen molar-refractivity contribution >= 4 is 18.0 Å². The van der Waals surface area contributed by atoms with Crippen LogP contribution in [0.2, 0.25) is 0 Å². The minimum absolute atomic E-state index is 0.0200. The maximum Gasteiger partial charge on any atom is 0.314 e. The van der Waals surface area contributed by atoms with E-state index >= 15 is 4.39 Å². The lowest BCUT2D eigenvalue weighted by Gasteiger charge is -2.32. The Balaban J connectivity index is 1.34. The molecule has 5 rings (SSSR count). The fourth-order valence-corrected chi connectivity index (χ4v) is 4.22. The Morgan fingerprint density at radius 3 is 2.38 bits per heavy atom. The van der Waals surface area contributed by atoms with Crippen LogP contribution < -0.4 is 14.5 Å². The van der Waals surface area contributed by atoms with Gasteiger partial charge in [0.2, 0.25) is 18.2 Å². The van der Waals surface area contributed by atoms with Gasteiger partial charge in [-0.3, -0.25) is 9.78 Å². The van der Waals surface area contributed by atoms with E-state index in [1.165, 1.54) is 30.3 Å². The number of pyridine rings is 1. The van der Waals surface area contributed by atoms with Crippen molar-refractivity contribution in [1.29, 1.82) is 0 Å². The van der Waals surface area contributed by atoms with Crippen LogP contribution in [0, 0.1) is 5.82 Å². The van der Waals surface area contributed by atoms with E-state index < -0.39 is 18.1 Å². The van der Waals surface area contributed by atoms with Gasteiger partial charge in [0.25, 0.3) is 5.89 Å². The molecule has 1 aromatic carbocycles. The smallest absolute Gasteiger partial charge is 0.314 e. The third-order valence-corrected chi connectivity index (χ3v) is 6.47. The molecule has 3 aromatic heterocycles. The lowest BCUT2D eigenvalue weighted by atomic mass is 10.1. The molecule has 4 heterocycles. The number of benzene rings is 1. The Kier molecular flexibility index (Phi) is 7.86. The first-order valence-corrected chi connectivity index (χ1v) is 12.3. The number of hydrogen-bond acceptors (Lipinski definition) is 10. The zero-order valence-electron chi connectivity index (χ0n) is 21.7. The molecule has 1 aliphatic rings. The quantitative estimate of drug-likeness (QED) is 0.285. The van der Waals surface area contributed by atoms with Crippen molar-refractivity contribution in [2.24, 2.45) is 0 Å². The number of aromatic nitrogens is 5. The van der Waals surface area contributed by atoms with Crippen LogP contribution in [-0.4, -0.2) is 76.8 Å². The Labute approximate surface area is 227 Å². The van der Waals surface area contributed by atoms with Crippen LogP contribution in [0.4, 0.5) is 24.8 Å². The van der Waals surface area contributed by atoms with Crippen LogP contribution in [0.3, 0.4) is 0 Å². The number of carbonyl (C=O) groups is 1. The highest BCUT2D eigenvalue weighted by molar-refractivity contribution is 5.81. The normalized spacial score (nSPS) is 14.0. The average molecular weight is 555 g/mol. The predicted molar refractivity (Wildman–Crippen MR) is 138 cm³/mol. The summed E-state index contributed by atoms with van der Waals surface area (Å²) in [7, 11) is 3.48. The van der Waals surface area contributed by atoms with Gasteiger partial charge >= 0.3 is 6.43 Å². The Hall–Kier alpha value is -4.59. The van der Waals surface area contributed by atoms with E-state index in [0.717, 1.165) is 26.2 Å². The predicted octanol–water partition coefficient (Wildman–Crippen LogP) is 3.59. The number of hydrogen-bond donors (Lipinski definition) is 0. The Morgan fingerprint density at radius 1 is 1.05 bits per heavy atom. The Morgan fingerprint density at radius 2 is 1.77 bits per heavy atom. The third kappa shape index (κ3) is 5.71. The molecule has 1 fully saturated rings. The van der Waals surface area contributed by atoms with Crippen molar-refractivity contribution < 1.29 is 27.1 Å². The fourth-order valence-electron chi connectivity index (χ4n) is 4.22. The molecule has 0 atom stereocenters. The molecule has 0 unspecified atom stereocenters. The van der Waals surface area contributed by atoms with Gasteiger partial charge in [0.1, 0.15) is 11.6 Å². The molecule has 14 heteroatoms. The minimum Gasteiger partial charge on any atom is -0.495 e. The number of carbonyl (C=O) groups excluding carboxylic acids is 1. The van der Waals surface area contributed by atoms with Crippen molar-refractivity contribution in [2.45, 2.75) is 13.0 Å². The van der Waals surface area contributed by atoms with Crippen molar-refractivity contribution in [1.82, 2.24) is 30.0 Å². The molecule has 0 radical (unpaired) electrons. The molecule has 1 aliphatic heterocycles. The molecule has 11 nitrogen and oxygen atoms in total. The SMILES string of the molecule is COc1cc(-c2cnc(N3CCN(C)CC3)nc2)c(F)cc1N(C=O)Cc1ccc(-c2nnc(C(F)F)o2)cn1. The third-order valence-electron chi connectivity index (χ3n) is 6.47. The first kappa shape index (κ1) is 27.0. The van der Waals surface area contributed by atoms with Gasteiger partial charge in [-0.05, 0) is 25.2 Å². The van der Waals surface area contributed by atoms with Crippen molar-refractivity contribution in [3.05, 3.63) is 60.3 Å². The van der Waals surface area contributed by atoms with E-state index in [0.29, 0.717) is 29.2 Å². The largest absolute Gasteiger partial charge is 0.495 e. The zero-order valence-corrected chi connectivity index (χ0v) is 21.7. The standard InChI is InChI=1S/C26H25F3N8O3/c1-35-5-7-36(8-6-35)26-31-12-17(13-32-26)19-9-22(39-2)21(10-20(19)27)37(15-38)14-18-4-3-16(11-30-18)24-33-34-25(40-24)23(28)29/h3-4,9-13,15,23H,5-8,14H2,1-2H3. The second-order valence-electron chi connectivity index (χ2n) is 9.08. The lowest BCUT2D eigenvalue weighted by molar-refractivity contribution is -0.107. The van der Waals surface area contributed by atoms with Gasteiger partial charge in [-0.2, -0.15) is 8.78 Å². The van der Waals surface area contributed by atoms with Crippen molar-refractivity contribution in [3.8, 4) is 28.3 Å². The van der Waals surface area contributed by atoms with Gasteiger partial charge in [0.05, 0.1) is 30.6 Å². The second-order valence-corrected chi connectivity index (χ2v) is 9.08. The summed E-state index contributed by atoms with van der Waals surface area (Å²) >= 11 is 0. The summed E-state index contributed by atoms with van der Waals surface area (Å²) in [6, 6.07) is 5.80. The molecule has 0 spiro atoms. The van der Waals surface area contributed by atoms with E-state index in [1.807, 2.05) is 0 Å². The maximum absolute atomic E-state index is 15.3. The average Bonchev–Trinajstić information content (AvgIpc) is 3.48. The molecule has 0 saturated carbocycles. The zero-order chi connectivity index (χ0) is 28.2. The second kappa shape index (κ2) is 11.7. The summed E-state index contributed by atoms with van der Waals surface area (Å²) < 4.78 is 51.2. The number of rotatable bonds is 9. The highest BCUT2D eigenvalue weighted by atomic mass is 19.3. The number of anilines is 2. The molecular formula is C26H25F3N8O3. The number of ether oxygens (including phenoxy) is 1. The van der Waals surface area contributed by atoms with Crippen LogP contribution in [0.5, 0.6) is 5.75 Å². The summed E-state index contributed by atoms with van der Waals surface area (Å²) in [5.74, 6) is -0.649. The van der Waals surface area contributed by atoms with Crippen LogP contribution in [0.1, 0.15) is 18.0 Å². The first-order chi connectivity index (χ1) is 19.4. The number of piperazine rings is 1. The number of alkyl halides is 2. The molecule has 208 valence electrons. The summed E-state index contributed by atoms with van der Waals surface area (Å²) in [6.45, 7) is 3.41. The van der Waals surface area contributed by atoms with Crippen molar-refractivity contribution in [2.75, 3.05) is 50.1 Å². The van der Waals surface area contributed by atoms with Crippen molar-refractivity contribution in [3.63, 3.8) is 0 Å². The Bertz CT molecular complexity index is 1460. The fraction of sp³-hybridized carbons (Fsp3) is 0.308. The highest BCUT2D eigenvalue weighted by Crippen LogP contribution is 2.36. The van der Waals surface area contributed by atoms with Gasteiger partial charge in [0, 0.05) is 62.0 Å². The topological polar surface area (TPSA) is 114 Å². The minimum atomic E-state index is -2.88. The molecule has 0 bridgehead atoms. The van der Waals surface area contributed by atoms with Crippen LogP contribution >= 0.6 is 0 Å². The van der Waals surface area contributed by atoms with Gasteiger partial charge in [-0.1, -0.05) is 0 Å². The molecule has 1 saturated heterocycles. The van der Waals surface area contributed by atoms with Gasteiger partial charge in [-0.25, -0.2) is 14.4 Å². The van der Waals surface area contributed by atoms with Crippen LogP contribution in [-0.2, 0) is 11.3 Å². The number of nitrogens with zero attached hydrogens (tertiary/aromatic N) is 8. The van der Waals surface area contributed by atoms with E-state index in [-0.39, 0.29) is 29.4 Å². The van der Waals surface area contributed by atoms with E-state index in [2.05, 4.69) is 42.0 Å². The van der Waals surface area contributed by atoms with E-state index in [9.17, 15) is 13.6 Å². The summed E-state index contributed by atoms with van der Waals surface area (Å²) in [5, 5.41) is 6.87. The van der Waals surface area contributed by atoms with Gasteiger partial charge in [-0.15, -0.1) is 10.2 Å². The number of halogens is 3. The maximum atomic E-state index is 15.3.